The number of ether oxygens (including phenoxy) is 1. The van der Waals surface area contributed by atoms with Gasteiger partial charge in [-0.25, -0.2) is 4.98 Å². The maximum atomic E-state index is 12.4. The molecule has 124 valence electrons. The third-order valence-electron chi connectivity index (χ3n) is 2.68. The summed E-state index contributed by atoms with van der Waals surface area (Å²) < 4.78 is 43.5. The van der Waals surface area contributed by atoms with Gasteiger partial charge in [0.05, 0.1) is 11.1 Å². The van der Waals surface area contributed by atoms with E-state index in [1.807, 2.05) is 18.2 Å². The van der Waals surface area contributed by atoms with Crippen LogP contribution in [-0.4, -0.2) is 17.5 Å². The van der Waals surface area contributed by atoms with Crippen LogP contribution in [0.1, 0.15) is 18.5 Å². The van der Waals surface area contributed by atoms with Crippen molar-refractivity contribution in [2.45, 2.75) is 19.0 Å². The first kappa shape index (κ1) is 17.7. The number of nitrogens with one attached hydrogen (secondary N) is 1. The molecular weight excluding hydrogens is 397 g/mol. The monoisotopic (exact) mass is 408 g/mol. The summed E-state index contributed by atoms with van der Waals surface area (Å²) in [5.74, 6) is 0.270. The standard InChI is InChI=1S/C14H12BrF3N2O2S/c15-9-4-1-2-5-10(9)22-7-3-6-12(21)20-13-19-11(8-23-13)14(16,17)18/h1-2,4-5,8H,3,6-7H2,(H,19,20,21). The molecule has 1 aromatic carbocycles. The minimum atomic E-state index is -4.50. The maximum absolute atomic E-state index is 12.4. The van der Waals surface area contributed by atoms with Crippen LogP contribution in [0, 0.1) is 0 Å². The molecule has 4 nitrogen and oxygen atoms in total. The molecule has 1 N–H and O–H groups in total. The first-order valence-electron chi connectivity index (χ1n) is 6.56. The number of hydrogen-bond donors (Lipinski definition) is 1. The predicted molar refractivity (Wildman–Crippen MR) is 84.6 cm³/mol. The second kappa shape index (κ2) is 7.78. The molecule has 0 radical (unpaired) electrons. The SMILES string of the molecule is O=C(CCCOc1ccccc1Br)Nc1nc(C(F)(F)F)cs1. The van der Waals surface area contributed by atoms with Gasteiger partial charge in [0.15, 0.2) is 10.8 Å². The highest BCUT2D eigenvalue weighted by Crippen LogP contribution is 2.31. The molecule has 2 rings (SSSR count). The number of aromatic nitrogens is 1. The van der Waals surface area contributed by atoms with Crippen LogP contribution >= 0.6 is 27.3 Å². The fourth-order valence-electron chi connectivity index (χ4n) is 1.62. The fourth-order valence-corrected chi connectivity index (χ4v) is 2.75. The Kier molecular flexibility index (Phi) is 6.00. The second-order valence-electron chi connectivity index (χ2n) is 4.47. The Morgan fingerprint density at radius 2 is 2.09 bits per heavy atom. The van der Waals surface area contributed by atoms with E-state index in [-0.39, 0.29) is 11.6 Å². The van der Waals surface area contributed by atoms with Crippen molar-refractivity contribution in [3.05, 3.63) is 39.8 Å². The van der Waals surface area contributed by atoms with Gasteiger partial charge < -0.3 is 10.1 Å². The topological polar surface area (TPSA) is 51.2 Å². The van der Waals surface area contributed by atoms with Gasteiger partial charge in [0.1, 0.15) is 5.75 Å². The zero-order valence-corrected chi connectivity index (χ0v) is 14.1. The van der Waals surface area contributed by atoms with E-state index in [0.717, 1.165) is 21.2 Å². The van der Waals surface area contributed by atoms with E-state index in [0.29, 0.717) is 18.8 Å². The van der Waals surface area contributed by atoms with E-state index in [4.69, 9.17) is 4.74 Å². The Morgan fingerprint density at radius 1 is 1.35 bits per heavy atom. The van der Waals surface area contributed by atoms with Crippen LogP contribution in [0.4, 0.5) is 18.3 Å². The molecule has 0 spiro atoms. The molecule has 1 aromatic heterocycles. The lowest BCUT2D eigenvalue weighted by atomic mass is 10.3. The van der Waals surface area contributed by atoms with Gasteiger partial charge in [-0.3, -0.25) is 4.79 Å². The minimum Gasteiger partial charge on any atom is -0.492 e. The quantitative estimate of drug-likeness (QED) is 0.703. The van der Waals surface area contributed by atoms with E-state index in [2.05, 4.69) is 26.2 Å². The van der Waals surface area contributed by atoms with Crippen LogP contribution in [0.25, 0.3) is 0 Å². The normalized spacial score (nSPS) is 11.3. The first-order chi connectivity index (χ1) is 10.9. The van der Waals surface area contributed by atoms with Gasteiger partial charge in [0.2, 0.25) is 5.91 Å². The second-order valence-corrected chi connectivity index (χ2v) is 6.18. The number of benzene rings is 1. The molecule has 0 bridgehead atoms. The molecule has 0 aliphatic heterocycles. The number of anilines is 1. The summed E-state index contributed by atoms with van der Waals surface area (Å²) in [5, 5.41) is 3.15. The van der Waals surface area contributed by atoms with Gasteiger partial charge >= 0.3 is 6.18 Å². The predicted octanol–water partition coefficient (Wildman–Crippen LogP) is 4.72. The molecule has 9 heteroatoms. The number of rotatable bonds is 6. The van der Waals surface area contributed by atoms with Crippen LogP contribution in [0.5, 0.6) is 5.75 Å². The smallest absolute Gasteiger partial charge is 0.434 e. The number of amides is 1. The van der Waals surface area contributed by atoms with Gasteiger partial charge in [0.25, 0.3) is 0 Å². The van der Waals surface area contributed by atoms with Crippen molar-refractivity contribution in [2.24, 2.45) is 0 Å². The molecule has 23 heavy (non-hydrogen) atoms. The fraction of sp³-hybridized carbons (Fsp3) is 0.286. The average Bonchev–Trinajstić information content (AvgIpc) is 2.94. The van der Waals surface area contributed by atoms with E-state index in [1.54, 1.807) is 6.07 Å². The molecule has 0 fully saturated rings. The Hall–Kier alpha value is -1.61. The van der Waals surface area contributed by atoms with Crippen molar-refractivity contribution >= 4 is 38.3 Å². The molecule has 1 heterocycles. The summed E-state index contributed by atoms with van der Waals surface area (Å²) in [7, 11) is 0. The Balaban J connectivity index is 1.73. The Bertz CT molecular complexity index is 676. The van der Waals surface area contributed by atoms with Crippen molar-refractivity contribution in [1.29, 1.82) is 0 Å². The van der Waals surface area contributed by atoms with E-state index < -0.39 is 17.8 Å². The summed E-state index contributed by atoms with van der Waals surface area (Å²) in [4.78, 5) is 15.0. The van der Waals surface area contributed by atoms with E-state index in [1.165, 1.54) is 0 Å². The van der Waals surface area contributed by atoms with E-state index >= 15 is 0 Å². The molecule has 0 aliphatic carbocycles. The summed E-state index contributed by atoms with van der Waals surface area (Å²) in [6.45, 7) is 0.321. The van der Waals surface area contributed by atoms with Crippen molar-refractivity contribution in [3.8, 4) is 5.75 Å². The number of thiazole rings is 1. The lowest BCUT2D eigenvalue weighted by Crippen LogP contribution is -2.13. The van der Waals surface area contributed by atoms with Gasteiger partial charge in [-0.2, -0.15) is 13.2 Å². The lowest BCUT2D eigenvalue weighted by molar-refractivity contribution is -0.140. The highest BCUT2D eigenvalue weighted by Gasteiger charge is 2.33. The summed E-state index contributed by atoms with van der Waals surface area (Å²) in [6, 6.07) is 7.31. The number of alkyl halides is 3. The van der Waals surface area contributed by atoms with Gasteiger partial charge in [-0.05, 0) is 34.5 Å². The number of carbonyl (C=O) groups excluding carboxylic acids is 1. The third-order valence-corrected chi connectivity index (χ3v) is 4.10. The number of carbonyl (C=O) groups is 1. The van der Waals surface area contributed by atoms with Crippen molar-refractivity contribution < 1.29 is 22.7 Å². The summed E-state index contributed by atoms with van der Waals surface area (Å²) in [6.07, 6.45) is -3.94. The highest BCUT2D eigenvalue weighted by atomic mass is 79.9. The molecular formula is C14H12BrF3N2O2S. The molecule has 0 saturated carbocycles. The number of halogens is 4. The zero-order chi connectivity index (χ0) is 16.9. The summed E-state index contributed by atoms with van der Waals surface area (Å²) >= 11 is 4.08. The highest BCUT2D eigenvalue weighted by molar-refractivity contribution is 9.10. The van der Waals surface area contributed by atoms with Gasteiger partial charge in [0, 0.05) is 11.8 Å². The third kappa shape index (κ3) is 5.51. The molecule has 1 amide bonds. The number of nitrogens with zero attached hydrogens (tertiary/aromatic N) is 1. The van der Waals surface area contributed by atoms with Crippen LogP contribution < -0.4 is 10.1 Å². The molecule has 2 aromatic rings. The van der Waals surface area contributed by atoms with Crippen LogP contribution in [-0.2, 0) is 11.0 Å². The maximum Gasteiger partial charge on any atom is 0.434 e. The van der Waals surface area contributed by atoms with Crippen LogP contribution in [0.3, 0.4) is 0 Å². The number of para-hydroxylation sites is 1. The zero-order valence-electron chi connectivity index (χ0n) is 11.7. The largest absolute Gasteiger partial charge is 0.492 e. The Morgan fingerprint density at radius 3 is 2.74 bits per heavy atom. The molecule has 0 saturated heterocycles. The molecule has 0 atom stereocenters. The van der Waals surface area contributed by atoms with Crippen LogP contribution in [0.15, 0.2) is 34.1 Å². The average molecular weight is 409 g/mol. The van der Waals surface area contributed by atoms with Gasteiger partial charge in [-0.15, -0.1) is 11.3 Å². The molecule has 0 unspecified atom stereocenters. The Labute approximate surface area is 142 Å². The first-order valence-corrected chi connectivity index (χ1v) is 8.23. The lowest BCUT2D eigenvalue weighted by Gasteiger charge is -2.07. The van der Waals surface area contributed by atoms with Crippen LogP contribution in [0.2, 0.25) is 0 Å². The summed E-state index contributed by atoms with van der Waals surface area (Å²) in [5.41, 5.74) is -1.00. The van der Waals surface area contributed by atoms with Crippen molar-refractivity contribution in [2.75, 3.05) is 11.9 Å². The van der Waals surface area contributed by atoms with Gasteiger partial charge in [-0.1, -0.05) is 12.1 Å². The van der Waals surface area contributed by atoms with Crippen molar-refractivity contribution in [3.63, 3.8) is 0 Å². The van der Waals surface area contributed by atoms with Crippen molar-refractivity contribution in [1.82, 2.24) is 4.98 Å². The molecule has 0 aliphatic rings. The van der Waals surface area contributed by atoms with E-state index in [9.17, 15) is 18.0 Å². The minimum absolute atomic E-state index is 0.0611. The number of hydrogen-bond acceptors (Lipinski definition) is 4.